The van der Waals surface area contributed by atoms with Crippen LogP contribution in [0.5, 0.6) is 5.75 Å². The average Bonchev–Trinajstić information content (AvgIpc) is 3.50. The van der Waals surface area contributed by atoms with Crippen LogP contribution in [0.25, 0.3) is 9.88 Å². The highest BCUT2D eigenvalue weighted by Crippen LogP contribution is 2.33. The molecule has 0 fully saturated rings. The second-order valence-corrected chi connectivity index (χ2v) is 8.87. The molecule has 3 heterocycles. The lowest BCUT2D eigenvalue weighted by atomic mass is 10.3. The number of nitrogens with one attached hydrogen (secondary N) is 2. The summed E-state index contributed by atoms with van der Waals surface area (Å²) >= 11 is 8.73. The van der Waals surface area contributed by atoms with Crippen LogP contribution in [0.15, 0.2) is 54.2 Å². The van der Waals surface area contributed by atoms with Crippen molar-refractivity contribution in [3.8, 4) is 15.6 Å². The van der Waals surface area contributed by atoms with E-state index in [1.54, 1.807) is 49.0 Å². The molecule has 0 atom stereocenters. The summed E-state index contributed by atoms with van der Waals surface area (Å²) in [5, 5.41) is 12.0. The Morgan fingerprint density at radius 3 is 2.65 bits per heavy atom. The Bertz CT molecular complexity index is 1220. The Kier molecular flexibility index (Phi) is 6.31. The van der Waals surface area contributed by atoms with Crippen LogP contribution in [0.4, 0.5) is 11.4 Å². The molecule has 3 aromatic heterocycles. The van der Waals surface area contributed by atoms with Gasteiger partial charge in [0.05, 0.1) is 28.2 Å². The maximum Gasteiger partial charge on any atom is 0.275 e. The highest BCUT2D eigenvalue weighted by atomic mass is 35.5. The van der Waals surface area contributed by atoms with E-state index in [9.17, 15) is 9.59 Å². The molecular formula is C20H16ClN5O3S2. The number of rotatable bonds is 7. The number of nitrogens with zero attached hydrogens (tertiary/aromatic N) is 3. The molecule has 11 heteroatoms. The summed E-state index contributed by atoms with van der Waals surface area (Å²) in [6.07, 6.45) is 3.06. The molecule has 0 aliphatic carbocycles. The van der Waals surface area contributed by atoms with Gasteiger partial charge in [0.25, 0.3) is 5.91 Å². The normalized spacial score (nSPS) is 10.6. The first kappa shape index (κ1) is 21.0. The molecule has 0 saturated heterocycles. The fourth-order valence-electron chi connectivity index (χ4n) is 2.65. The Morgan fingerprint density at radius 1 is 1.13 bits per heavy atom. The fraction of sp³-hybridized carbons (Fsp3) is 0.100. The third-order valence-electron chi connectivity index (χ3n) is 4.09. The van der Waals surface area contributed by atoms with Gasteiger partial charge in [0, 0.05) is 17.3 Å². The molecule has 2 N–H and O–H groups in total. The van der Waals surface area contributed by atoms with Crippen molar-refractivity contribution in [1.82, 2.24) is 14.8 Å². The van der Waals surface area contributed by atoms with E-state index in [4.69, 9.17) is 16.3 Å². The van der Waals surface area contributed by atoms with Crippen LogP contribution in [0.1, 0.15) is 10.5 Å². The lowest BCUT2D eigenvalue weighted by Crippen LogP contribution is -2.19. The zero-order valence-electron chi connectivity index (χ0n) is 16.2. The van der Waals surface area contributed by atoms with Crippen molar-refractivity contribution in [2.24, 2.45) is 0 Å². The number of hydrogen-bond donors (Lipinski definition) is 2. The van der Waals surface area contributed by atoms with E-state index in [-0.39, 0.29) is 18.4 Å². The van der Waals surface area contributed by atoms with Crippen LogP contribution in [0, 0.1) is 0 Å². The van der Waals surface area contributed by atoms with Gasteiger partial charge < -0.3 is 15.4 Å². The number of thiazole rings is 1. The summed E-state index contributed by atoms with van der Waals surface area (Å²) in [7, 11) is 1.58. The van der Waals surface area contributed by atoms with Crippen molar-refractivity contribution in [2.75, 3.05) is 17.7 Å². The standard InChI is InChI=1S/C20H16ClN5O3S2/c1-29-14-4-2-12(3-5-14)23-18(27)10-26-9-13(8-22-26)24-19(28)15-11-30-20(25-15)16-6-7-17(21)31-16/h2-9,11H,10H2,1H3,(H,23,27)(H,24,28). The van der Waals surface area contributed by atoms with E-state index in [1.165, 1.54) is 33.6 Å². The molecule has 4 aromatic rings. The number of carbonyl (C=O) groups excluding carboxylic acids is 2. The molecular weight excluding hydrogens is 458 g/mol. The number of carbonyl (C=O) groups is 2. The van der Waals surface area contributed by atoms with Crippen LogP contribution < -0.4 is 15.4 Å². The van der Waals surface area contributed by atoms with E-state index >= 15 is 0 Å². The third-order valence-corrected chi connectivity index (χ3v) is 6.33. The number of methoxy groups -OCH3 is 1. The monoisotopic (exact) mass is 473 g/mol. The first-order valence-electron chi connectivity index (χ1n) is 8.99. The Balaban J connectivity index is 1.33. The smallest absolute Gasteiger partial charge is 0.275 e. The molecule has 4 rings (SSSR count). The van der Waals surface area contributed by atoms with E-state index in [0.29, 0.717) is 27.2 Å². The summed E-state index contributed by atoms with van der Waals surface area (Å²) in [5.41, 5.74) is 1.42. The van der Waals surface area contributed by atoms with Crippen LogP contribution in [0.3, 0.4) is 0 Å². The number of halogens is 1. The topological polar surface area (TPSA) is 98.1 Å². The summed E-state index contributed by atoms with van der Waals surface area (Å²) in [6, 6.07) is 10.7. The molecule has 8 nitrogen and oxygen atoms in total. The number of ether oxygens (including phenoxy) is 1. The van der Waals surface area contributed by atoms with Crippen LogP contribution in [-0.2, 0) is 11.3 Å². The molecule has 0 aliphatic heterocycles. The van der Waals surface area contributed by atoms with Crippen molar-refractivity contribution < 1.29 is 14.3 Å². The van der Waals surface area contributed by atoms with Crippen molar-refractivity contribution in [3.63, 3.8) is 0 Å². The molecule has 0 saturated carbocycles. The highest BCUT2D eigenvalue weighted by Gasteiger charge is 2.14. The zero-order valence-corrected chi connectivity index (χ0v) is 18.6. The maximum absolute atomic E-state index is 12.5. The highest BCUT2D eigenvalue weighted by molar-refractivity contribution is 7.23. The van der Waals surface area contributed by atoms with Gasteiger partial charge in [-0.3, -0.25) is 14.3 Å². The van der Waals surface area contributed by atoms with Gasteiger partial charge in [0.1, 0.15) is 23.0 Å². The molecule has 0 aliphatic rings. The molecule has 158 valence electrons. The van der Waals surface area contributed by atoms with Gasteiger partial charge in [0.15, 0.2) is 0 Å². The predicted molar refractivity (Wildman–Crippen MR) is 122 cm³/mol. The van der Waals surface area contributed by atoms with Gasteiger partial charge in [-0.15, -0.1) is 22.7 Å². The lowest BCUT2D eigenvalue weighted by Gasteiger charge is -2.06. The van der Waals surface area contributed by atoms with Gasteiger partial charge in [-0.1, -0.05) is 11.6 Å². The average molecular weight is 474 g/mol. The molecule has 2 amide bonds. The van der Waals surface area contributed by atoms with Crippen molar-refractivity contribution in [2.45, 2.75) is 6.54 Å². The number of amides is 2. The third kappa shape index (κ3) is 5.29. The second-order valence-electron chi connectivity index (χ2n) is 6.30. The van der Waals surface area contributed by atoms with Gasteiger partial charge in [-0.05, 0) is 36.4 Å². The first-order valence-corrected chi connectivity index (χ1v) is 11.1. The number of benzene rings is 1. The zero-order chi connectivity index (χ0) is 21.8. The Morgan fingerprint density at radius 2 is 1.94 bits per heavy atom. The molecule has 0 bridgehead atoms. The van der Waals surface area contributed by atoms with Gasteiger partial charge in [-0.2, -0.15) is 5.10 Å². The largest absolute Gasteiger partial charge is 0.497 e. The number of aromatic nitrogens is 3. The van der Waals surface area contributed by atoms with Gasteiger partial charge >= 0.3 is 0 Å². The minimum Gasteiger partial charge on any atom is -0.497 e. The first-order chi connectivity index (χ1) is 15.0. The molecule has 0 radical (unpaired) electrons. The minimum absolute atomic E-state index is 0.00187. The van der Waals surface area contributed by atoms with E-state index in [0.717, 1.165) is 9.88 Å². The quantitative estimate of drug-likeness (QED) is 0.408. The molecule has 0 spiro atoms. The van der Waals surface area contributed by atoms with Crippen LogP contribution in [-0.4, -0.2) is 33.7 Å². The SMILES string of the molecule is COc1ccc(NC(=O)Cn2cc(NC(=O)c3csc(-c4ccc(Cl)s4)n3)cn2)cc1. The van der Waals surface area contributed by atoms with Crippen LogP contribution >= 0.6 is 34.3 Å². The van der Waals surface area contributed by atoms with Crippen molar-refractivity contribution in [1.29, 1.82) is 0 Å². The maximum atomic E-state index is 12.5. The number of anilines is 2. The van der Waals surface area contributed by atoms with Gasteiger partial charge in [0.2, 0.25) is 5.91 Å². The lowest BCUT2D eigenvalue weighted by molar-refractivity contribution is -0.116. The predicted octanol–water partition coefficient (Wildman–Crippen LogP) is 4.62. The summed E-state index contributed by atoms with van der Waals surface area (Å²) in [4.78, 5) is 30.0. The fourth-order valence-corrected chi connectivity index (χ4v) is 4.57. The Labute approximate surface area is 190 Å². The van der Waals surface area contributed by atoms with E-state index < -0.39 is 0 Å². The molecule has 1 aromatic carbocycles. The van der Waals surface area contributed by atoms with Crippen molar-refractivity contribution in [3.05, 3.63) is 64.2 Å². The number of hydrogen-bond acceptors (Lipinski definition) is 7. The van der Waals surface area contributed by atoms with E-state index in [1.807, 2.05) is 6.07 Å². The Hall–Kier alpha value is -3.21. The summed E-state index contributed by atoms with van der Waals surface area (Å²) in [6.45, 7) is 0.00187. The summed E-state index contributed by atoms with van der Waals surface area (Å²) in [5.74, 6) is 0.106. The number of thiophene rings is 1. The van der Waals surface area contributed by atoms with Crippen molar-refractivity contribution >= 4 is 57.5 Å². The van der Waals surface area contributed by atoms with Crippen LogP contribution in [0.2, 0.25) is 4.34 Å². The second kappa shape index (κ2) is 9.29. The molecule has 31 heavy (non-hydrogen) atoms. The summed E-state index contributed by atoms with van der Waals surface area (Å²) < 4.78 is 7.20. The van der Waals surface area contributed by atoms with E-state index in [2.05, 4.69) is 20.7 Å². The van der Waals surface area contributed by atoms with Gasteiger partial charge in [-0.25, -0.2) is 4.98 Å². The molecule has 0 unspecified atom stereocenters. The minimum atomic E-state index is -0.354.